The van der Waals surface area contributed by atoms with E-state index < -0.39 is 5.95 Å². The number of hydrogen-bond acceptors (Lipinski definition) is 2. The van der Waals surface area contributed by atoms with Crippen LogP contribution < -0.4 is 0 Å². The van der Waals surface area contributed by atoms with Gasteiger partial charge in [-0.1, -0.05) is 0 Å². The summed E-state index contributed by atoms with van der Waals surface area (Å²) in [6.07, 6.45) is 5.47. The second-order valence-electron chi connectivity index (χ2n) is 4.68. The Labute approximate surface area is 103 Å². The monoisotopic (exact) mass is 284 g/mol. The molecule has 0 bridgehead atoms. The van der Waals surface area contributed by atoms with E-state index in [9.17, 15) is 4.39 Å². The van der Waals surface area contributed by atoms with E-state index in [0.717, 1.165) is 0 Å². The van der Waals surface area contributed by atoms with Crippen LogP contribution in [0, 0.1) is 5.95 Å². The first-order chi connectivity index (χ1) is 7.75. The van der Waals surface area contributed by atoms with Gasteiger partial charge in [-0.05, 0) is 59.9 Å². The molecule has 0 amide bonds. The van der Waals surface area contributed by atoms with E-state index in [-0.39, 0.29) is 0 Å². The van der Waals surface area contributed by atoms with Gasteiger partial charge in [-0.2, -0.15) is 4.39 Å². The number of rotatable bonds is 1. The smallest absolute Gasteiger partial charge is 0.227 e. The molecule has 0 aliphatic carbocycles. The minimum absolute atomic E-state index is 0.412. The molecule has 4 heteroatoms. The third-order valence-corrected chi connectivity index (χ3v) is 4.41. The van der Waals surface area contributed by atoms with Gasteiger partial charge in [0.15, 0.2) is 0 Å². The van der Waals surface area contributed by atoms with Crippen molar-refractivity contribution in [3.05, 3.63) is 28.2 Å². The zero-order chi connectivity index (χ0) is 11.1. The largest absolute Gasteiger partial charge is 0.300 e. The van der Waals surface area contributed by atoms with Crippen LogP contribution in [0.25, 0.3) is 0 Å². The molecule has 2 aliphatic rings. The number of aromatic nitrogens is 1. The maximum Gasteiger partial charge on any atom is 0.227 e. The fourth-order valence-electron chi connectivity index (χ4n) is 3.11. The van der Waals surface area contributed by atoms with Crippen molar-refractivity contribution in [2.45, 2.75) is 31.2 Å². The average Bonchev–Trinajstić information content (AvgIpc) is 2.83. The summed E-state index contributed by atoms with van der Waals surface area (Å²) in [4.78, 5) is 6.36. The molecule has 2 nitrogen and oxygen atoms in total. The Morgan fingerprint density at radius 2 is 2.25 bits per heavy atom. The van der Waals surface area contributed by atoms with Gasteiger partial charge in [0.25, 0.3) is 0 Å². The Balaban J connectivity index is 1.89. The predicted molar refractivity (Wildman–Crippen MR) is 63.8 cm³/mol. The van der Waals surface area contributed by atoms with Gasteiger partial charge in [-0.3, -0.25) is 4.90 Å². The quantitative estimate of drug-likeness (QED) is 0.737. The van der Waals surface area contributed by atoms with Crippen LogP contribution in [0.1, 0.15) is 30.7 Å². The highest BCUT2D eigenvalue weighted by molar-refractivity contribution is 9.10. The first-order valence-corrected chi connectivity index (χ1v) is 6.60. The van der Waals surface area contributed by atoms with Crippen molar-refractivity contribution in [1.82, 2.24) is 9.88 Å². The predicted octanol–water partition coefficient (Wildman–Crippen LogP) is 2.93. The van der Waals surface area contributed by atoms with Gasteiger partial charge in [0.05, 0.1) is 4.47 Å². The van der Waals surface area contributed by atoms with Crippen LogP contribution >= 0.6 is 15.9 Å². The molecule has 16 heavy (non-hydrogen) atoms. The van der Waals surface area contributed by atoms with E-state index >= 15 is 0 Å². The van der Waals surface area contributed by atoms with Gasteiger partial charge in [0.2, 0.25) is 5.95 Å². The number of nitrogens with zero attached hydrogens (tertiary/aromatic N) is 2. The Morgan fingerprint density at radius 1 is 1.38 bits per heavy atom. The average molecular weight is 285 g/mol. The first-order valence-electron chi connectivity index (χ1n) is 5.80. The molecule has 3 heterocycles. The van der Waals surface area contributed by atoms with Crippen molar-refractivity contribution >= 4 is 15.9 Å². The van der Waals surface area contributed by atoms with Crippen molar-refractivity contribution in [3.8, 4) is 0 Å². The summed E-state index contributed by atoms with van der Waals surface area (Å²) in [6.45, 7) is 2.42. The summed E-state index contributed by atoms with van der Waals surface area (Å²) >= 11 is 3.21. The molecule has 0 saturated carbocycles. The molecular formula is C12H14BrFN2. The highest BCUT2D eigenvalue weighted by atomic mass is 79.9. The zero-order valence-electron chi connectivity index (χ0n) is 9.00. The lowest BCUT2D eigenvalue weighted by molar-refractivity contribution is 0.313. The molecule has 86 valence electrons. The van der Waals surface area contributed by atoms with Crippen molar-refractivity contribution in [2.75, 3.05) is 13.1 Å². The minimum atomic E-state index is -0.412. The van der Waals surface area contributed by atoms with Crippen LogP contribution in [0.5, 0.6) is 0 Å². The summed E-state index contributed by atoms with van der Waals surface area (Å²) in [7, 11) is 0. The normalized spacial score (nSPS) is 29.6. The molecule has 1 aromatic heterocycles. The summed E-state index contributed by atoms with van der Waals surface area (Å²) < 4.78 is 13.6. The molecule has 0 aromatic carbocycles. The molecule has 2 aliphatic heterocycles. The van der Waals surface area contributed by atoms with Gasteiger partial charge in [-0.15, -0.1) is 0 Å². The fraction of sp³-hybridized carbons (Fsp3) is 0.583. The number of fused-ring (bicyclic) bond motifs is 1. The van der Waals surface area contributed by atoms with Crippen molar-refractivity contribution in [1.29, 1.82) is 0 Å². The number of pyridine rings is 1. The second kappa shape index (κ2) is 4.08. The van der Waals surface area contributed by atoms with Gasteiger partial charge < -0.3 is 0 Å². The minimum Gasteiger partial charge on any atom is -0.300 e. The van der Waals surface area contributed by atoms with Crippen molar-refractivity contribution in [2.24, 2.45) is 0 Å². The lowest BCUT2D eigenvalue weighted by Crippen LogP contribution is -2.25. The molecule has 0 spiro atoms. The maximum atomic E-state index is 13.1. The van der Waals surface area contributed by atoms with Gasteiger partial charge in [0, 0.05) is 18.2 Å². The maximum absolute atomic E-state index is 13.1. The van der Waals surface area contributed by atoms with Crippen LogP contribution in [-0.4, -0.2) is 29.0 Å². The number of hydrogen-bond donors (Lipinski definition) is 0. The molecule has 0 N–H and O–H groups in total. The SMILES string of the molecule is Fc1ncc(C2CCN3CCCC23)cc1Br. The Bertz CT molecular complexity index is 410. The fourth-order valence-corrected chi connectivity index (χ4v) is 3.48. The Kier molecular flexibility index (Phi) is 2.72. The summed E-state index contributed by atoms with van der Waals surface area (Å²) in [5, 5.41) is 0. The second-order valence-corrected chi connectivity index (χ2v) is 5.54. The van der Waals surface area contributed by atoms with E-state index in [2.05, 4.69) is 25.8 Å². The Hall–Kier alpha value is -0.480. The standard InChI is InChI=1S/C12H14BrFN2/c13-10-6-8(7-15-12(10)14)9-3-5-16-4-1-2-11(9)16/h6-7,9,11H,1-5H2. The summed E-state index contributed by atoms with van der Waals surface area (Å²) in [6, 6.07) is 2.56. The van der Waals surface area contributed by atoms with Crippen molar-refractivity contribution in [3.63, 3.8) is 0 Å². The third-order valence-electron chi connectivity index (χ3n) is 3.85. The van der Waals surface area contributed by atoms with E-state index in [1.165, 1.54) is 37.9 Å². The molecule has 2 unspecified atom stereocenters. The molecule has 2 fully saturated rings. The van der Waals surface area contributed by atoms with Crippen LogP contribution in [0.4, 0.5) is 4.39 Å². The van der Waals surface area contributed by atoms with E-state index in [1.807, 2.05) is 6.07 Å². The molecule has 3 rings (SSSR count). The van der Waals surface area contributed by atoms with Crippen LogP contribution in [-0.2, 0) is 0 Å². The lowest BCUT2D eigenvalue weighted by atomic mass is 9.92. The van der Waals surface area contributed by atoms with E-state index in [0.29, 0.717) is 16.4 Å². The molecular weight excluding hydrogens is 271 g/mol. The summed E-state index contributed by atoms with van der Waals surface area (Å²) in [5.74, 6) is 0.136. The topological polar surface area (TPSA) is 16.1 Å². The van der Waals surface area contributed by atoms with Crippen LogP contribution in [0.15, 0.2) is 16.7 Å². The highest BCUT2D eigenvalue weighted by Gasteiger charge is 2.38. The molecule has 1 aromatic rings. The highest BCUT2D eigenvalue weighted by Crippen LogP contribution is 2.39. The van der Waals surface area contributed by atoms with Crippen LogP contribution in [0.3, 0.4) is 0 Å². The zero-order valence-corrected chi connectivity index (χ0v) is 10.6. The van der Waals surface area contributed by atoms with Crippen molar-refractivity contribution < 1.29 is 4.39 Å². The molecule has 2 saturated heterocycles. The van der Waals surface area contributed by atoms with Crippen LogP contribution in [0.2, 0.25) is 0 Å². The Morgan fingerprint density at radius 3 is 3.06 bits per heavy atom. The van der Waals surface area contributed by atoms with Gasteiger partial charge in [0.1, 0.15) is 0 Å². The van der Waals surface area contributed by atoms with E-state index in [4.69, 9.17) is 0 Å². The van der Waals surface area contributed by atoms with Gasteiger partial charge >= 0.3 is 0 Å². The first kappa shape index (κ1) is 10.7. The third kappa shape index (κ3) is 1.68. The molecule has 0 radical (unpaired) electrons. The summed E-state index contributed by atoms with van der Waals surface area (Å²) in [5.41, 5.74) is 1.18. The molecule has 2 atom stereocenters. The van der Waals surface area contributed by atoms with E-state index in [1.54, 1.807) is 6.20 Å². The number of halogens is 2. The lowest BCUT2D eigenvalue weighted by Gasteiger charge is -2.20. The van der Waals surface area contributed by atoms with Gasteiger partial charge in [-0.25, -0.2) is 4.98 Å².